The van der Waals surface area contributed by atoms with Crippen LogP contribution in [0, 0.1) is 0 Å². The second kappa shape index (κ2) is 8.72. The predicted octanol–water partition coefficient (Wildman–Crippen LogP) is 4.01. The van der Waals surface area contributed by atoms with Gasteiger partial charge in [-0.2, -0.15) is 0 Å². The number of esters is 2. The van der Waals surface area contributed by atoms with Crippen LogP contribution in [0.5, 0.6) is 17.2 Å². The highest BCUT2D eigenvalue weighted by Crippen LogP contribution is 2.19. The smallest absolute Gasteiger partial charge is 0.343 e. The van der Waals surface area contributed by atoms with Crippen LogP contribution in [-0.4, -0.2) is 18.5 Å². The second-order valence-electron chi connectivity index (χ2n) is 5.04. The molecule has 0 aliphatic heterocycles. The topological polar surface area (TPSA) is 61.8 Å². The Kier molecular flexibility index (Phi) is 6.37. The monoisotopic (exact) mass is 328 g/mol. The van der Waals surface area contributed by atoms with E-state index in [0.29, 0.717) is 30.1 Å². The minimum Gasteiger partial charge on any atom is -0.494 e. The zero-order chi connectivity index (χ0) is 17.4. The van der Waals surface area contributed by atoms with Crippen molar-refractivity contribution in [3.63, 3.8) is 0 Å². The summed E-state index contributed by atoms with van der Waals surface area (Å²) in [6.45, 7) is 4.38. The fourth-order valence-electron chi connectivity index (χ4n) is 1.98. The van der Waals surface area contributed by atoms with E-state index in [0.717, 1.165) is 12.2 Å². The molecule has 0 spiro atoms. The molecule has 0 saturated carbocycles. The Bertz CT molecular complexity index is 674. The average Bonchev–Trinajstić information content (AvgIpc) is 2.57. The highest BCUT2D eigenvalue weighted by atomic mass is 16.5. The van der Waals surface area contributed by atoms with E-state index in [1.165, 1.54) is 0 Å². The summed E-state index contributed by atoms with van der Waals surface area (Å²) in [7, 11) is 0. The number of carbonyl (C=O) groups is 2. The molecule has 5 heteroatoms. The van der Waals surface area contributed by atoms with Crippen LogP contribution in [0.25, 0.3) is 0 Å². The van der Waals surface area contributed by atoms with Crippen molar-refractivity contribution in [2.45, 2.75) is 26.7 Å². The first-order valence-electron chi connectivity index (χ1n) is 7.88. The zero-order valence-electron chi connectivity index (χ0n) is 13.8. The predicted molar refractivity (Wildman–Crippen MR) is 89.6 cm³/mol. The van der Waals surface area contributed by atoms with Crippen molar-refractivity contribution in [3.8, 4) is 17.2 Å². The molecule has 0 amide bonds. The van der Waals surface area contributed by atoms with Gasteiger partial charge in [0, 0.05) is 6.42 Å². The van der Waals surface area contributed by atoms with E-state index in [2.05, 4.69) is 0 Å². The third-order valence-corrected chi connectivity index (χ3v) is 3.12. The van der Waals surface area contributed by atoms with Crippen molar-refractivity contribution in [3.05, 3.63) is 54.1 Å². The summed E-state index contributed by atoms with van der Waals surface area (Å²) in [4.78, 5) is 23.5. The molecule has 0 aliphatic carbocycles. The molecule has 0 unspecified atom stereocenters. The van der Waals surface area contributed by atoms with Crippen molar-refractivity contribution in [2.24, 2.45) is 0 Å². The highest BCUT2D eigenvalue weighted by molar-refractivity contribution is 5.91. The first kappa shape index (κ1) is 17.5. The largest absolute Gasteiger partial charge is 0.494 e. The SMILES string of the molecule is CCCC(=O)Oc1ccc(C(=O)Oc2ccc(OCC)cc2)cc1. The standard InChI is InChI=1S/C19H20O5/c1-3-5-18(20)23-16-8-6-14(7-9-16)19(21)24-17-12-10-15(11-13-17)22-4-2/h6-13H,3-5H2,1-2H3. The van der Waals surface area contributed by atoms with Crippen LogP contribution in [0.1, 0.15) is 37.0 Å². The lowest BCUT2D eigenvalue weighted by Gasteiger charge is -2.07. The third-order valence-electron chi connectivity index (χ3n) is 3.12. The molecule has 0 aliphatic rings. The molecule has 2 rings (SSSR count). The molecule has 0 bridgehead atoms. The molecular weight excluding hydrogens is 308 g/mol. The summed E-state index contributed by atoms with van der Waals surface area (Å²) in [5, 5.41) is 0. The van der Waals surface area contributed by atoms with Gasteiger partial charge in [-0.3, -0.25) is 4.79 Å². The van der Waals surface area contributed by atoms with E-state index >= 15 is 0 Å². The number of hydrogen-bond acceptors (Lipinski definition) is 5. The molecule has 2 aromatic rings. The van der Waals surface area contributed by atoms with Gasteiger partial charge in [-0.15, -0.1) is 0 Å². The Balaban J connectivity index is 1.95. The maximum atomic E-state index is 12.1. The maximum absolute atomic E-state index is 12.1. The summed E-state index contributed by atoms with van der Waals surface area (Å²) >= 11 is 0. The summed E-state index contributed by atoms with van der Waals surface area (Å²) in [5.41, 5.74) is 0.374. The lowest BCUT2D eigenvalue weighted by Crippen LogP contribution is -2.09. The first-order chi connectivity index (χ1) is 11.6. The molecule has 2 aromatic carbocycles. The van der Waals surface area contributed by atoms with Gasteiger partial charge in [-0.05, 0) is 61.9 Å². The van der Waals surface area contributed by atoms with Gasteiger partial charge in [0.1, 0.15) is 17.2 Å². The van der Waals surface area contributed by atoms with E-state index in [1.54, 1.807) is 48.5 Å². The van der Waals surface area contributed by atoms with Gasteiger partial charge in [0.05, 0.1) is 12.2 Å². The maximum Gasteiger partial charge on any atom is 0.343 e. The van der Waals surface area contributed by atoms with E-state index in [-0.39, 0.29) is 5.97 Å². The summed E-state index contributed by atoms with van der Waals surface area (Å²) < 4.78 is 15.8. The van der Waals surface area contributed by atoms with Crippen LogP contribution in [0.15, 0.2) is 48.5 Å². The number of carbonyl (C=O) groups excluding carboxylic acids is 2. The van der Waals surface area contributed by atoms with Gasteiger partial charge >= 0.3 is 11.9 Å². The number of benzene rings is 2. The summed E-state index contributed by atoms with van der Waals surface area (Å²) in [6, 6.07) is 13.1. The fraction of sp³-hybridized carbons (Fsp3) is 0.263. The average molecular weight is 328 g/mol. The van der Waals surface area contributed by atoms with E-state index in [9.17, 15) is 9.59 Å². The quantitative estimate of drug-likeness (QED) is 0.567. The van der Waals surface area contributed by atoms with Crippen molar-refractivity contribution >= 4 is 11.9 Å². The van der Waals surface area contributed by atoms with Crippen LogP contribution < -0.4 is 14.2 Å². The van der Waals surface area contributed by atoms with Gasteiger partial charge in [0.15, 0.2) is 0 Å². The molecule has 0 atom stereocenters. The summed E-state index contributed by atoms with van der Waals surface area (Å²) in [6.07, 6.45) is 1.09. The molecular formula is C19H20O5. The van der Waals surface area contributed by atoms with Crippen molar-refractivity contribution in [1.82, 2.24) is 0 Å². The third kappa shape index (κ3) is 5.12. The second-order valence-corrected chi connectivity index (χ2v) is 5.04. The van der Waals surface area contributed by atoms with Gasteiger partial charge in [0.2, 0.25) is 0 Å². The van der Waals surface area contributed by atoms with E-state index in [1.807, 2.05) is 13.8 Å². The molecule has 0 aromatic heterocycles. The van der Waals surface area contributed by atoms with Crippen molar-refractivity contribution < 1.29 is 23.8 Å². The number of rotatable bonds is 7. The van der Waals surface area contributed by atoms with Gasteiger partial charge < -0.3 is 14.2 Å². The molecule has 5 nitrogen and oxygen atoms in total. The minimum absolute atomic E-state index is 0.290. The Morgan fingerprint density at radius 3 is 1.92 bits per heavy atom. The van der Waals surface area contributed by atoms with Gasteiger partial charge in [0.25, 0.3) is 0 Å². The molecule has 0 saturated heterocycles. The lowest BCUT2D eigenvalue weighted by atomic mass is 10.2. The van der Waals surface area contributed by atoms with Crippen LogP contribution in [0.4, 0.5) is 0 Å². The van der Waals surface area contributed by atoms with Crippen molar-refractivity contribution in [2.75, 3.05) is 6.61 Å². The molecule has 0 fully saturated rings. The van der Waals surface area contributed by atoms with Crippen LogP contribution in [-0.2, 0) is 4.79 Å². The van der Waals surface area contributed by atoms with Crippen LogP contribution in [0.2, 0.25) is 0 Å². The fourth-order valence-corrected chi connectivity index (χ4v) is 1.98. The Labute approximate surface area is 141 Å². The molecule has 24 heavy (non-hydrogen) atoms. The Morgan fingerprint density at radius 1 is 0.792 bits per heavy atom. The Morgan fingerprint density at radius 2 is 1.33 bits per heavy atom. The molecule has 126 valence electrons. The van der Waals surface area contributed by atoms with Gasteiger partial charge in [-0.25, -0.2) is 4.79 Å². The first-order valence-corrected chi connectivity index (χ1v) is 7.88. The number of ether oxygens (including phenoxy) is 3. The summed E-state index contributed by atoms with van der Waals surface area (Å²) in [5.74, 6) is 0.788. The van der Waals surface area contributed by atoms with Crippen LogP contribution in [0.3, 0.4) is 0 Å². The molecule has 0 radical (unpaired) electrons. The molecule has 0 N–H and O–H groups in total. The van der Waals surface area contributed by atoms with Gasteiger partial charge in [-0.1, -0.05) is 6.92 Å². The van der Waals surface area contributed by atoms with E-state index < -0.39 is 5.97 Å². The van der Waals surface area contributed by atoms with Crippen molar-refractivity contribution in [1.29, 1.82) is 0 Å². The minimum atomic E-state index is -0.481. The Hall–Kier alpha value is -2.82. The highest BCUT2D eigenvalue weighted by Gasteiger charge is 2.10. The lowest BCUT2D eigenvalue weighted by molar-refractivity contribution is -0.134. The zero-order valence-corrected chi connectivity index (χ0v) is 13.8. The van der Waals surface area contributed by atoms with Crippen LogP contribution >= 0.6 is 0 Å². The molecule has 0 heterocycles. The number of hydrogen-bond donors (Lipinski definition) is 0. The van der Waals surface area contributed by atoms with E-state index in [4.69, 9.17) is 14.2 Å². The normalized spacial score (nSPS) is 10.1.